The number of thiazole rings is 1. The molecular formula is C14H8FN3OS. The summed E-state index contributed by atoms with van der Waals surface area (Å²) in [6, 6.07) is 9.55. The zero-order valence-electron chi connectivity index (χ0n) is 10.4. The van der Waals surface area contributed by atoms with Crippen molar-refractivity contribution in [2.45, 2.75) is 0 Å². The Morgan fingerprint density at radius 2 is 2.00 bits per heavy atom. The second-order valence-electron chi connectivity index (χ2n) is 3.90. The molecule has 2 aromatic rings. The molecule has 0 fully saturated rings. The van der Waals surface area contributed by atoms with Gasteiger partial charge >= 0.3 is 0 Å². The maximum Gasteiger partial charge on any atom is 0.268 e. The fraction of sp³-hybridized carbons (Fsp3) is 0.0714. The van der Waals surface area contributed by atoms with E-state index < -0.39 is 5.82 Å². The SMILES string of the molecule is Cn1c(=C(C#N)C#N)sc(=Cc2ccccc2F)c1=O. The van der Waals surface area contributed by atoms with E-state index in [4.69, 9.17) is 10.5 Å². The van der Waals surface area contributed by atoms with Gasteiger partial charge in [0.05, 0.1) is 4.53 Å². The van der Waals surface area contributed by atoms with E-state index in [1.54, 1.807) is 30.3 Å². The van der Waals surface area contributed by atoms with Gasteiger partial charge in [-0.1, -0.05) is 18.2 Å². The largest absolute Gasteiger partial charge is 0.300 e. The second-order valence-corrected chi connectivity index (χ2v) is 4.93. The third-order valence-electron chi connectivity index (χ3n) is 2.66. The second kappa shape index (κ2) is 5.52. The Kier molecular flexibility index (Phi) is 3.79. The zero-order valence-corrected chi connectivity index (χ0v) is 11.2. The summed E-state index contributed by atoms with van der Waals surface area (Å²) in [4.78, 5) is 12.0. The van der Waals surface area contributed by atoms with Gasteiger partial charge in [-0.05, 0) is 12.1 Å². The monoisotopic (exact) mass is 285 g/mol. The molecule has 4 nitrogen and oxygen atoms in total. The van der Waals surface area contributed by atoms with Crippen LogP contribution in [0.1, 0.15) is 5.56 Å². The van der Waals surface area contributed by atoms with Gasteiger partial charge in [0.25, 0.3) is 5.56 Å². The average molecular weight is 285 g/mol. The molecule has 0 saturated heterocycles. The first-order valence-corrected chi connectivity index (χ1v) is 6.36. The first-order chi connectivity index (χ1) is 9.58. The Labute approximate surface area is 117 Å². The lowest BCUT2D eigenvalue weighted by Gasteiger charge is -1.92. The van der Waals surface area contributed by atoms with Crippen molar-refractivity contribution in [1.29, 1.82) is 10.5 Å². The third kappa shape index (κ3) is 2.37. The molecule has 0 unspecified atom stereocenters. The van der Waals surface area contributed by atoms with E-state index in [9.17, 15) is 9.18 Å². The molecule has 0 aliphatic carbocycles. The quantitative estimate of drug-likeness (QED) is 0.771. The highest BCUT2D eigenvalue weighted by molar-refractivity contribution is 7.07. The van der Waals surface area contributed by atoms with Gasteiger partial charge in [-0.25, -0.2) is 4.39 Å². The maximum absolute atomic E-state index is 13.6. The van der Waals surface area contributed by atoms with E-state index in [1.165, 1.54) is 23.8 Å². The van der Waals surface area contributed by atoms with Crippen LogP contribution in [-0.4, -0.2) is 4.57 Å². The summed E-state index contributed by atoms with van der Waals surface area (Å²) >= 11 is 0.993. The van der Waals surface area contributed by atoms with Gasteiger partial charge < -0.3 is 4.57 Å². The highest BCUT2D eigenvalue weighted by Crippen LogP contribution is 2.06. The van der Waals surface area contributed by atoms with E-state index >= 15 is 0 Å². The molecule has 0 atom stereocenters. The van der Waals surface area contributed by atoms with E-state index in [-0.39, 0.29) is 25.9 Å². The number of nitriles is 2. The summed E-state index contributed by atoms with van der Waals surface area (Å²) in [5, 5.41) is 17.7. The Hall–Kier alpha value is -2.70. The molecule has 0 bridgehead atoms. The number of hydrogen-bond donors (Lipinski definition) is 0. The molecular weight excluding hydrogens is 277 g/mol. The topological polar surface area (TPSA) is 69.6 Å². The van der Waals surface area contributed by atoms with Crippen LogP contribution in [0, 0.1) is 28.5 Å². The Bertz CT molecular complexity index is 909. The van der Waals surface area contributed by atoms with Crippen LogP contribution in [0.15, 0.2) is 29.1 Å². The van der Waals surface area contributed by atoms with Gasteiger partial charge in [-0.15, -0.1) is 11.3 Å². The van der Waals surface area contributed by atoms with Crippen LogP contribution < -0.4 is 14.8 Å². The Balaban J connectivity index is 2.82. The summed E-state index contributed by atoms with van der Waals surface area (Å²) in [6.07, 6.45) is 1.41. The normalized spacial score (nSPS) is 10.9. The van der Waals surface area contributed by atoms with Gasteiger partial charge in [-0.2, -0.15) is 10.5 Å². The lowest BCUT2D eigenvalue weighted by molar-refractivity contribution is 0.625. The highest BCUT2D eigenvalue weighted by Gasteiger charge is 2.06. The molecule has 0 saturated carbocycles. The van der Waals surface area contributed by atoms with Gasteiger partial charge in [0.1, 0.15) is 22.6 Å². The molecule has 1 aromatic heterocycles. The zero-order chi connectivity index (χ0) is 14.7. The molecule has 0 amide bonds. The molecule has 0 aliphatic rings. The number of nitrogens with zero attached hydrogens (tertiary/aromatic N) is 3. The minimum absolute atomic E-state index is 0.136. The molecule has 0 radical (unpaired) electrons. The van der Waals surface area contributed by atoms with Crippen LogP contribution >= 0.6 is 11.3 Å². The molecule has 0 spiro atoms. The fourth-order valence-corrected chi connectivity index (χ4v) is 2.67. The molecule has 1 aromatic carbocycles. The summed E-state index contributed by atoms with van der Waals surface area (Å²) in [6.45, 7) is 0. The lowest BCUT2D eigenvalue weighted by Crippen LogP contribution is -2.29. The standard InChI is InChI=1S/C14H8FN3OS/c1-18-13(19)12(20-14(18)10(7-16)8-17)6-9-4-2-3-5-11(9)15/h2-6H,1H3. The van der Waals surface area contributed by atoms with Gasteiger partial charge in [-0.3, -0.25) is 4.79 Å². The van der Waals surface area contributed by atoms with E-state index in [1.807, 2.05) is 0 Å². The minimum atomic E-state index is -0.436. The van der Waals surface area contributed by atoms with Gasteiger partial charge in [0, 0.05) is 12.6 Å². The highest BCUT2D eigenvalue weighted by atomic mass is 32.1. The van der Waals surface area contributed by atoms with Crippen molar-refractivity contribution < 1.29 is 4.39 Å². The van der Waals surface area contributed by atoms with Gasteiger partial charge in [0.15, 0.2) is 5.57 Å². The lowest BCUT2D eigenvalue weighted by atomic mass is 10.2. The van der Waals surface area contributed by atoms with Gasteiger partial charge in [0.2, 0.25) is 0 Å². The summed E-state index contributed by atoms with van der Waals surface area (Å²) in [5.41, 5.74) is -0.215. The van der Waals surface area contributed by atoms with Crippen molar-refractivity contribution in [1.82, 2.24) is 4.57 Å². The predicted octanol–water partition coefficient (Wildman–Crippen LogP) is 0.613. The van der Waals surface area contributed by atoms with Crippen molar-refractivity contribution >= 4 is 23.0 Å². The maximum atomic E-state index is 13.6. The Morgan fingerprint density at radius 1 is 1.35 bits per heavy atom. The van der Waals surface area contributed by atoms with Crippen molar-refractivity contribution in [2.24, 2.45) is 7.05 Å². The van der Waals surface area contributed by atoms with Crippen molar-refractivity contribution in [2.75, 3.05) is 0 Å². The number of benzene rings is 1. The van der Waals surface area contributed by atoms with Crippen LogP contribution in [-0.2, 0) is 7.05 Å². The first kappa shape index (κ1) is 13.7. The summed E-state index contributed by atoms with van der Waals surface area (Å²) in [5.74, 6) is -0.436. The molecule has 1 heterocycles. The number of halogens is 1. The van der Waals surface area contributed by atoms with Crippen molar-refractivity contribution in [3.8, 4) is 12.1 Å². The number of hydrogen-bond acceptors (Lipinski definition) is 4. The van der Waals surface area contributed by atoms with Crippen LogP contribution in [0.2, 0.25) is 0 Å². The van der Waals surface area contributed by atoms with Crippen molar-refractivity contribution in [3.63, 3.8) is 0 Å². The molecule has 2 rings (SSSR count). The number of aromatic nitrogens is 1. The molecule has 20 heavy (non-hydrogen) atoms. The van der Waals surface area contributed by atoms with E-state index in [0.717, 1.165) is 11.3 Å². The average Bonchev–Trinajstić information content (AvgIpc) is 2.72. The first-order valence-electron chi connectivity index (χ1n) is 5.55. The van der Waals surface area contributed by atoms with E-state index in [0.29, 0.717) is 0 Å². The van der Waals surface area contributed by atoms with Crippen LogP contribution in [0.5, 0.6) is 0 Å². The molecule has 0 N–H and O–H groups in total. The summed E-state index contributed by atoms with van der Waals surface area (Å²) in [7, 11) is 1.47. The van der Waals surface area contributed by atoms with Crippen molar-refractivity contribution in [3.05, 3.63) is 55.2 Å². The van der Waals surface area contributed by atoms with Crippen LogP contribution in [0.3, 0.4) is 0 Å². The molecule has 6 heteroatoms. The molecule has 0 aliphatic heterocycles. The third-order valence-corrected chi connectivity index (χ3v) is 3.84. The fourth-order valence-electron chi connectivity index (χ4n) is 1.64. The van der Waals surface area contributed by atoms with E-state index in [2.05, 4.69) is 0 Å². The van der Waals surface area contributed by atoms with Crippen LogP contribution in [0.4, 0.5) is 4.39 Å². The Morgan fingerprint density at radius 3 is 2.60 bits per heavy atom. The predicted molar refractivity (Wildman–Crippen MR) is 73.4 cm³/mol. The minimum Gasteiger partial charge on any atom is -0.300 e. The number of rotatable bonds is 1. The smallest absolute Gasteiger partial charge is 0.268 e. The van der Waals surface area contributed by atoms with Crippen LogP contribution in [0.25, 0.3) is 11.6 Å². The molecule has 98 valence electrons. The summed E-state index contributed by atoms with van der Waals surface area (Å²) < 4.78 is 15.3.